The molecule has 1 aromatic heterocycles. The SMILES string of the molecule is Clc1ccc2c(c1)OCC(n1ccnc1)/C2=N\OCc1ccc(Cl)c(Cl)c1.O=[N+]([O-])O. The highest BCUT2D eigenvalue weighted by molar-refractivity contribution is 6.42. The molecule has 9 nitrogen and oxygen atoms in total. The van der Waals surface area contributed by atoms with Crippen molar-refractivity contribution in [3.63, 3.8) is 0 Å². The van der Waals surface area contributed by atoms with Gasteiger partial charge in [0.05, 0.1) is 16.4 Å². The first-order chi connectivity index (χ1) is 14.8. The number of hydrogen-bond acceptors (Lipinski definition) is 6. The van der Waals surface area contributed by atoms with E-state index in [2.05, 4.69) is 10.1 Å². The van der Waals surface area contributed by atoms with Crippen molar-refractivity contribution in [2.45, 2.75) is 12.6 Å². The maximum absolute atomic E-state index is 8.36. The Morgan fingerprint density at radius 2 is 2.03 bits per heavy atom. The van der Waals surface area contributed by atoms with Crippen LogP contribution < -0.4 is 4.74 Å². The van der Waals surface area contributed by atoms with Crippen molar-refractivity contribution in [2.75, 3.05) is 6.61 Å². The minimum atomic E-state index is -1.50. The summed E-state index contributed by atoms with van der Waals surface area (Å²) in [6.45, 7) is 0.666. The fourth-order valence-electron chi connectivity index (χ4n) is 2.85. The highest BCUT2D eigenvalue weighted by Gasteiger charge is 2.29. The Kier molecular flexibility index (Phi) is 7.56. The Labute approximate surface area is 191 Å². The summed E-state index contributed by atoms with van der Waals surface area (Å²) in [6, 6.07) is 10.6. The molecule has 0 amide bonds. The number of halogens is 3. The number of oxime groups is 1. The number of ether oxygens (including phenoxy) is 1. The van der Waals surface area contributed by atoms with Gasteiger partial charge >= 0.3 is 0 Å². The van der Waals surface area contributed by atoms with E-state index in [1.54, 1.807) is 36.8 Å². The summed E-state index contributed by atoms with van der Waals surface area (Å²) in [5.41, 5.74) is 2.45. The van der Waals surface area contributed by atoms with Crippen molar-refractivity contribution in [1.29, 1.82) is 0 Å². The Morgan fingerprint density at radius 3 is 2.71 bits per heavy atom. The van der Waals surface area contributed by atoms with E-state index in [0.717, 1.165) is 16.8 Å². The molecule has 1 unspecified atom stereocenters. The monoisotopic (exact) mass is 484 g/mol. The van der Waals surface area contributed by atoms with Gasteiger partial charge in [-0.2, -0.15) is 0 Å². The van der Waals surface area contributed by atoms with Crippen LogP contribution in [0.25, 0.3) is 0 Å². The number of imidazole rings is 1. The van der Waals surface area contributed by atoms with Gasteiger partial charge < -0.3 is 19.3 Å². The number of fused-ring (bicyclic) bond motifs is 1. The molecule has 0 spiro atoms. The first-order valence-electron chi connectivity index (χ1n) is 8.72. The third-order valence-electron chi connectivity index (χ3n) is 4.19. The molecule has 2 aromatic carbocycles. The van der Waals surface area contributed by atoms with Gasteiger partial charge in [0.15, 0.2) is 0 Å². The van der Waals surface area contributed by atoms with Gasteiger partial charge in [-0.25, -0.2) is 4.98 Å². The second-order valence-corrected chi connectivity index (χ2v) is 7.46. The lowest BCUT2D eigenvalue weighted by Crippen LogP contribution is -2.30. The molecule has 1 N–H and O–H groups in total. The van der Waals surface area contributed by atoms with Crippen LogP contribution >= 0.6 is 34.8 Å². The van der Waals surface area contributed by atoms with Crippen LogP contribution in [-0.2, 0) is 11.4 Å². The third-order valence-corrected chi connectivity index (χ3v) is 5.17. The Hall–Kier alpha value is -3.01. The van der Waals surface area contributed by atoms with E-state index in [1.165, 1.54) is 0 Å². The molecule has 31 heavy (non-hydrogen) atoms. The molecule has 162 valence electrons. The molecular weight excluding hydrogens is 471 g/mol. The molecule has 0 aliphatic carbocycles. The van der Waals surface area contributed by atoms with Gasteiger partial charge in [0.25, 0.3) is 5.09 Å². The Balaban J connectivity index is 0.000000628. The molecule has 0 radical (unpaired) electrons. The van der Waals surface area contributed by atoms with E-state index in [1.807, 2.05) is 22.9 Å². The van der Waals surface area contributed by atoms with Crippen molar-refractivity contribution in [3.05, 3.63) is 91.4 Å². The summed E-state index contributed by atoms with van der Waals surface area (Å²) in [7, 11) is 0. The highest BCUT2D eigenvalue weighted by atomic mass is 35.5. The zero-order valence-electron chi connectivity index (χ0n) is 15.7. The van der Waals surface area contributed by atoms with E-state index < -0.39 is 5.09 Å². The molecule has 1 atom stereocenters. The summed E-state index contributed by atoms with van der Waals surface area (Å²) in [6.07, 6.45) is 5.30. The minimum Gasteiger partial charge on any atom is -0.490 e. The van der Waals surface area contributed by atoms with Gasteiger partial charge in [-0.05, 0) is 35.9 Å². The number of benzene rings is 2. The van der Waals surface area contributed by atoms with Crippen LogP contribution in [-0.4, -0.2) is 32.2 Å². The van der Waals surface area contributed by atoms with Gasteiger partial charge in [0.2, 0.25) is 0 Å². The minimum absolute atomic E-state index is 0.157. The lowest BCUT2D eigenvalue weighted by Gasteiger charge is -2.27. The zero-order valence-corrected chi connectivity index (χ0v) is 18.0. The number of nitrogens with zero attached hydrogens (tertiary/aromatic N) is 4. The molecule has 3 aromatic rings. The average molecular weight is 486 g/mol. The zero-order chi connectivity index (χ0) is 22.4. The molecule has 4 rings (SSSR count). The normalized spacial score (nSPS) is 16.0. The first-order valence-corrected chi connectivity index (χ1v) is 9.85. The van der Waals surface area contributed by atoms with Gasteiger partial charge in [-0.3, -0.25) is 0 Å². The van der Waals surface area contributed by atoms with Crippen LogP contribution in [0, 0.1) is 10.1 Å². The second kappa shape index (κ2) is 10.3. The summed E-state index contributed by atoms with van der Waals surface area (Å²) in [5, 5.41) is 19.6. The van der Waals surface area contributed by atoms with E-state index in [-0.39, 0.29) is 12.6 Å². The Bertz CT molecular complexity index is 1090. The summed E-state index contributed by atoms with van der Waals surface area (Å²) >= 11 is 18.1. The quantitative estimate of drug-likeness (QED) is 0.409. The van der Waals surface area contributed by atoms with Crippen molar-refractivity contribution in [1.82, 2.24) is 9.55 Å². The van der Waals surface area contributed by atoms with E-state index in [9.17, 15) is 0 Å². The predicted molar refractivity (Wildman–Crippen MR) is 115 cm³/mol. The number of hydrogen-bond donors (Lipinski definition) is 1. The third kappa shape index (κ3) is 6.00. The molecule has 2 heterocycles. The van der Waals surface area contributed by atoms with Crippen molar-refractivity contribution < 1.29 is 19.9 Å². The predicted octanol–water partition coefficient (Wildman–Crippen LogP) is 5.05. The average Bonchev–Trinajstić information content (AvgIpc) is 3.24. The van der Waals surface area contributed by atoms with Crippen LogP contribution in [0.4, 0.5) is 0 Å². The highest BCUT2D eigenvalue weighted by Crippen LogP contribution is 2.33. The first kappa shape index (κ1) is 22.7. The maximum atomic E-state index is 8.36. The fourth-order valence-corrected chi connectivity index (χ4v) is 3.33. The summed E-state index contributed by atoms with van der Waals surface area (Å²) < 4.78 is 7.79. The molecule has 0 fully saturated rings. The van der Waals surface area contributed by atoms with Gasteiger partial charge in [-0.15, -0.1) is 10.1 Å². The smallest absolute Gasteiger partial charge is 0.291 e. The Morgan fingerprint density at radius 1 is 1.26 bits per heavy atom. The lowest BCUT2D eigenvalue weighted by atomic mass is 10.00. The summed E-state index contributed by atoms with van der Waals surface area (Å²) in [5.74, 6) is 0.677. The van der Waals surface area contributed by atoms with Crippen LogP contribution in [0.1, 0.15) is 17.2 Å². The van der Waals surface area contributed by atoms with Crippen LogP contribution in [0.5, 0.6) is 5.75 Å². The molecule has 0 saturated heterocycles. The van der Waals surface area contributed by atoms with Gasteiger partial charge in [-0.1, -0.05) is 46.0 Å². The molecule has 1 aliphatic rings. The molecule has 0 bridgehead atoms. The molecule has 12 heteroatoms. The van der Waals surface area contributed by atoms with Gasteiger partial charge in [0, 0.05) is 23.0 Å². The number of rotatable bonds is 4. The molecule has 1 aliphatic heterocycles. The van der Waals surface area contributed by atoms with E-state index >= 15 is 0 Å². The second-order valence-electron chi connectivity index (χ2n) is 6.21. The van der Waals surface area contributed by atoms with E-state index in [4.69, 9.17) is 59.7 Å². The van der Waals surface area contributed by atoms with Crippen molar-refractivity contribution in [3.8, 4) is 5.75 Å². The van der Waals surface area contributed by atoms with Crippen LogP contribution in [0.3, 0.4) is 0 Å². The number of aromatic nitrogens is 2. The maximum Gasteiger partial charge on any atom is 0.291 e. The van der Waals surface area contributed by atoms with Crippen molar-refractivity contribution >= 4 is 40.5 Å². The largest absolute Gasteiger partial charge is 0.490 e. The van der Waals surface area contributed by atoms with Crippen molar-refractivity contribution in [2.24, 2.45) is 5.16 Å². The van der Waals surface area contributed by atoms with Crippen LogP contribution in [0.2, 0.25) is 15.1 Å². The standard InChI is InChI=1S/C19H14Cl3N3O2.HNO3/c20-13-2-3-14-18(8-13)26-10-17(25-6-5-23-11-25)19(14)24-27-9-12-1-4-15(21)16(22)7-12;2-1(3)4/h1-8,11,17H,9-10H2;(H,2,3,4)/b24-19-;. The van der Waals surface area contributed by atoms with E-state index in [0.29, 0.717) is 27.4 Å². The fraction of sp³-hybridized carbons (Fsp3) is 0.158. The lowest BCUT2D eigenvalue weighted by molar-refractivity contribution is -0.742. The van der Waals surface area contributed by atoms with Gasteiger partial charge in [0.1, 0.15) is 30.7 Å². The molecular formula is C19H15Cl3N4O5. The molecule has 0 saturated carbocycles. The topological polar surface area (TPSA) is 112 Å². The van der Waals surface area contributed by atoms with Crippen LogP contribution in [0.15, 0.2) is 60.3 Å². The summed E-state index contributed by atoms with van der Waals surface area (Å²) in [4.78, 5) is 18.1.